The Kier molecular flexibility index (Phi) is 11.3. The molecular weight excluding hydrogens is 478 g/mol. The quantitative estimate of drug-likeness (QED) is 0.160. The third-order valence-corrected chi connectivity index (χ3v) is 6.61. The van der Waals surface area contributed by atoms with Gasteiger partial charge < -0.3 is 15.0 Å². The predicted molar refractivity (Wildman–Crippen MR) is 143 cm³/mol. The molecule has 8 nitrogen and oxygen atoms in total. The number of nitrogens with zero attached hydrogens (tertiary/aromatic N) is 3. The lowest BCUT2D eigenvalue weighted by Gasteiger charge is -2.07. The Morgan fingerprint density at radius 1 is 0.944 bits per heavy atom. The van der Waals surface area contributed by atoms with Crippen LogP contribution in [0.5, 0.6) is 0 Å². The summed E-state index contributed by atoms with van der Waals surface area (Å²) in [5, 5.41) is 12.0. The van der Waals surface area contributed by atoms with Gasteiger partial charge in [0, 0.05) is 17.7 Å². The van der Waals surface area contributed by atoms with Gasteiger partial charge >= 0.3 is 5.97 Å². The molecule has 0 fully saturated rings. The fraction of sp³-hybridized carbons (Fsp3) is 0.556. The normalized spacial score (nSPS) is 11.2. The second-order valence-corrected chi connectivity index (χ2v) is 9.62. The van der Waals surface area contributed by atoms with Gasteiger partial charge in [-0.1, -0.05) is 76.3 Å². The van der Waals surface area contributed by atoms with Gasteiger partial charge in [0.2, 0.25) is 5.91 Å². The van der Waals surface area contributed by atoms with Crippen molar-refractivity contribution in [1.82, 2.24) is 19.8 Å². The van der Waals surface area contributed by atoms with Crippen LogP contribution >= 0.6 is 11.6 Å². The number of hydrogen-bond acceptors (Lipinski definition) is 5. The first kappa shape index (κ1) is 27.7. The number of halogens is 1. The number of fused-ring (bicyclic) bond motifs is 1. The van der Waals surface area contributed by atoms with Gasteiger partial charge in [0.1, 0.15) is 5.02 Å². The molecule has 0 radical (unpaired) electrons. The maximum absolute atomic E-state index is 12.2. The second-order valence-electron chi connectivity index (χ2n) is 9.24. The van der Waals surface area contributed by atoms with E-state index in [-0.39, 0.29) is 24.7 Å². The number of hydrogen-bond donors (Lipinski definition) is 2. The van der Waals surface area contributed by atoms with Gasteiger partial charge in [0.15, 0.2) is 11.5 Å². The van der Waals surface area contributed by atoms with Crippen LogP contribution in [0, 0.1) is 6.92 Å². The van der Waals surface area contributed by atoms with Crippen molar-refractivity contribution in [1.29, 1.82) is 0 Å². The molecule has 196 valence electrons. The molecule has 0 spiro atoms. The van der Waals surface area contributed by atoms with E-state index in [1.165, 1.54) is 56.0 Å². The van der Waals surface area contributed by atoms with Crippen LogP contribution < -0.4 is 5.32 Å². The molecule has 1 amide bonds. The Labute approximate surface area is 218 Å². The van der Waals surface area contributed by atoms with Gasteiger partial charge in [-0.05, 0) is 37.6 Å². The minimum atomic E-state index is -0.326. The molecule has 1 aromatic carbocycles. The predicted octanol–water partition coefficient (Wildman–Crippen LogP) is 6.87. The number of aryl methyl sites for hydroxylation is 1. The molecule has 2 heterocycles. The molecular formula is C27H38ClN5O3. The van der Waals surface area contributed by atoms with Crippen molar-refractivity contribution in [3.63, 3.8) is 0 Å². The highest BCUT2D eigenvalue weighted by atomic mass is 35.5. The molecule has 0 aliphatic heterocycles. The van der Waals surface area contributed by atoms with Gasteiger partial charge in [0.25, 0.3) is 0 Å². The lowest BCUT2D eigenvalue weighted by Crippen LogP contribution is -2.14. The number of nitrogens with one attached hydrogen (secondary N) is 2. The average Bonchev–Trinajstić information content (AvgIpc) is 3.40. The summed E-state index contributed by atoms with van der Waals surface area (Å²) in [7, 11) is 0. The first-order chi connectivity index (χ1) is 17.5. The zero-order valence-corrected chi connectivity index (χ0v) is 22.2. The van der Waals surface area contributed by atoms with Crippen LogP contribution in [0.2, 0.25) is 5.02 Å². The van der Waals surface area contributed by atoms with Crippen LogP contribution in [0.3, 0.4) is 0 Å². The van der Waals surface area contributed by atoms with E-state index >= 15 is 0 Å². The van der Waals surface area contributed by atoms with Crippen molar-refractivity contribution < 1.29 is 14.3 Å². The van der Waals surface area contributed by atoms with Gasteiger partial charge in [-0.2, -0.15) is 5.10 Å². The molecule has 0 bridgehead atoms. The number of ether oxygens (including phenoxy) is 1. The fourth-order valence-corrected chi connectivity index (χ4v) is 4.19. The summed E-state index contributed by atoms with van der Waals surface area (Å²) >= 11 is 6.22. The van der Waals surface area contributed by atoms with Crippen LogP contribution in [-0.4, -0.2) is 38.3 Å². The van der Waals surface area contributed by atoms with E-state index in [1.54, 1.807) is 12.1 Å². The van der Waals surface area contributed by atoms with Gasteiger partial charge in [-0.25, -0.2) is 0 Å². The Hall–Kier alpha value is -2.87. The lowest BCUT2D eigenvalue weighted by atomic mass is 10.1. The van der Waals surface area contributed by atoms with Crippen molar-refractivity contribution in [3.8, 4) is 11.4 Å². The van der Waals surface area contributed by atoms with E-state index in [9.17, 15) is 9.59 Å². The summed E-state index contributed by atoms with van der Waals surface area (Å²) in [4.78, 5) is 27.3. The third-order valence-electron chi connectivity index (χ3n) is 6.16. The summed E-state index contributed by atoms with van der Waals surface area (Å²) in [6.45, 7) is 4.49. The van der Waals surface area contributed by atoms with Crippen LogP contribution in [-0.2, 0) is 14.3 Å². The first-order valence-electron chi connectivity index (χ1n) is 13.1. The summed E-state index contributed by atoms with van der Waals surface area (Å²) in [6.07, 6.45) is 12.5. The van der Waals surface area contributed by atoms with Crippen molar-refractivity contribution >= 4 is 34.8 Å². The van der Waals surface area contributed by atoms with E-state index in [0.717, 1.165) is 18.4 Å². The van der Waals surface area contributed by atoms with E-state index in [0.29, 0.717) is 34.5 Å². The Morgan fingerprint density at radius 2 is 1.58 bits per heavy atom. The lowest BCUT2D eigenvalue weighted by molar-refractivity contribution is -0.144. The summed E-state index contributed by atoms with van der Waals surface area (Å²) in [6, 6.07) is 7.26. The second kappa shape index (κ2) is 14.6. The van der Waals surface area contributed by atoms with E-state index in [4.69, 9.17) is 16.3 Å². The molecule has 9 heteroatoms. The highest BCUT2D eigenvalue weighted by Crippen LogP contribution is 2.24. The Bertz CT molecular complexity index is 1110. The minimum Gasteiger partial charge on any atom is -0.466 e. The number of aromatic amines is 1. The highest BCUT2D eigenvalue weighted by molar-refractivity contribution is 6.34. The number of carbonyl (C=O) groups excluding carboxylic acids is 2. The number of amides is 1. The summed E-state index contributed by atoms with van der Waals surface area (Å²) < 4.78 is 6.74. The number of unbranched alkanes of at least 4 members (excludes halogenated alkanes) is 9. The Balaban J connectivity index is 1.27. The minimum absolute atomic E-state index is 0.0774. The van der Waals surface area contributed by atoms with Crippen LogP contribution in [0.25, 0.3) is 17.0 Å². The van der Waals surface area contributed by atoms with Crippen LogP contribution in [0.4, 0.5) is 5.69 Å². The third kappa shape index (κ3) is 8.66. The molecule has 2 aromatic heterocycles. The standard InChI is InChI=1S/C27H38ClN5O3/c1-3-4-5-6-7-8-9-10-11-12-19-36-24(35)18-17-23(34)29-22-15-13-21(14-16-22)26-30-27-25(28)20(2)31-33(27)32-26/h13-16H,3-12,17-19H2,1-2H3,(H,29,34)(H,30,32). The number of carbonyl (C=O) groups is 2. The number of rotatable bonds is 16. The molecule has 0 saturated carbocycles. The van der Waals surface area contributed by atoms with Crippen molar-refractivity contribution in [2.45, 2.75) is 90.9 Å². The van der Waals surface area contributed by atoms with Crippen molar-refractivity contribution in [3.05, 3.63) is 35.0 Å². The molecule has 36 heavy (non-hydrogen) atoms. The topological polar surface area (TPSA) is 101 Å². The summed E-state index contributed by atoms with van der Waals surface area (Å²) in [5.74, 6) is 0.0768. The molecule has 3 rings (SSSR count). The van der Waals surface area contributed by atoms with E-state index in [1.807, 2.05) is 19.1 Å². The van der Waals surface area contributed by atoms with Gasteiger partial charge in [0.05, 0.1) is 18.7 Å². The Morgan fingerprint density at radius 3 is 2.22 bits per heavy atom. The maximum atomic E-state index is 12.2. The molecule has 0 saturated heterocycles. The molecule has 0 aliphatic rings. The zero-order chi connectivity index (χ0) is 25.8. The zero-order valence-electron chi connectivity index (χ0n) is 21.4. The molecule has 0 unspecified atom stereocenters. The first-order valence-corrected chi connectivity index (χ1v) is 13.5. The smallest absolute Gasteiger partial charge is 0.306 e. The van der Waals surface area contributed by atoms with Crippen molar-refractivity contribution in [2.24, 2.45) is 0 Å². The molecule has 2 N–H and O–H groups in total. The molecule has 0 aliphatic carbocycles. The van der Waals surface area contributed by atoms with E-state index in [2.05, 4.69) is 27.4 Å². The largest absolute Gasteiger partial charge is 0.466 e. The number of anilines is 1. The van der Waals surface area contributed by atoms with Crippen LogP contribution in [0.1, 0.15) is 89.7 Å². The van der Waals surface area contributed by atoms with Gasteiger partial charge in [-0.3, -0.25) is 9.59 Å². The van der Waals surface area contributed by atoms with Gasteiger partial charge in [-0.15, -0.1) is 9.73 Å². The highest BCUT2D eigenvalue weighted by Gasteiger charge is 2.13. The summed E-state index contributed by atoms with van der Waals surface area (Å²) in [5.41, 5.74) is 2.83. The maximum Gasteiger partial charge on any atom is 0.306 e. The van der Waals surface area contributed by atoms with E-state index < -0.39 is 0 Å². The monoisotopic (exact) mass is 515 g/mol. The number of aromatic nitrogens is 4. The fourth-order valence-electron chi connectivity index (χ4n) is 4.03. The number of esters is 1. The van der Waals surface area contributed by atoms with Crippen molar-refractivity contribution in [2.75, 3.05) is 11.9 Å². The molecule has 0 atom stereocenters. The molecule has 3 aromatic rings. The van der Waals surface area contributed by atoms with Crippen LogP contribution in [0.15, 0.2) is 24.3 Å². The number of H-pyrrole nitrogens is 1. The SMILES string of the molecule is CCCCCCCCCCCCOC(=O)CCC(=O)Nc1ccc(-c2nn3nc(C)c(Cl)c3[nH]2)cc1. The average molecular weight is 516 g/mol. The number of benzene rings is 1.